The Morgan fingerprint density at radius 1 is 1.12 bits per heavy atom. The Morgan fingerprint density at radius 2 is 1.82 bits per heavy atom. The molecule has 176 valence electrons. The van der Waals surface area contributed by atoms with E-state index < -0.39 is 39.9 Å². The van der Waals surface area contributed by atoms with Gasteiger partial charge in [0.2, 0.25) is 11.5 Å². The van der Waals surface area contributed by atoms with Crippen LogP contribution in [0.25, 0.3) is 0 Å². The molecular weight excluding hydrogens is 483 g/mol. The minimum Gasteiger partial charge on any atom is -0.456 e. The fourth-order valence-electron chi connectivity index (χ4n) is 2.65. The third kappa shape index (κ3) is 5.99. The van der Waals surface area contributed by atoms with E-state index in [-0.39, 0.29) is 16.3 Å². The molecule has 0 aliphatic rings. The topological polar surface area (TPSA) is 107 Å². The first-order valence-electron chi connectivity index (χ1n) is 9.22. The molecule has 1 unspecified atom stereocenters. The molecule has 0 bridgehead atoms. The standard InChI is InChI=1S/C20H18F3N3O5S2/c1-19(17(27)26-18-24-9-10-32-18,13-3-6-15(7-4-13)33(2,28)29)31-16-8-5-14(11-25-16)30-20(22,23)12-21/h3-11H,12H2,1-2H3,(H,24,26,27). The third-order valence-corrected chi connectivity index (χ3v) is 6.18. The van der Waals surface area contributed by atoms with Crippen LogP contribution in [-0.4, -0.2) is 43.3 Å². The second-order valence-electron chi connectivity index (χ2n) is 6.93. The maximum absolute atomic E-state index is 13.1. The number of aromatic nitrogens is 2. The number of hydrogen-bond donors (Lipinski definition) is 1. The molecule has 0 aliphatic heterocycles. The molecule has 0 fully saturated rings. The van der Waals surface area contributed by atoms with Crippen LogP contribution in [0.1, 0.15) is 12.5 Å². The zero-order valence-corrected chi connectivity index (χ0v) is 18.9. The summed E-state index contributed by atoms with van der Waals surface area (Å²) in [5, 5.41) is 4.56. The number of alkyl halides is 3. The number of amides is 1. The van der Waals surface area contributed by atoms with E-state index in [1.54, 1.807) is 5.38 Å². The van der Waals surface area contributed by atoms with E-state index >= 15 is 0 Å². The lowest BCUT2D eigenvalue weighted by atomic mass is 9.94. The van der Waals surface area contributed by atoms with Gasteiger partial charge >= 0.3 is 6.11 Å². The first-order chi connectivity index (χ1) is 15.4. The van der Waals surface area contributed by atoms with Crippen LogP contribution in [0, 0.1) is 0 Å². The highest BCUT2D eigenvalue weighted by atomic mass is 32.2. The normalized spacial score (nSPS) is 13.7. The number of rotatable bonds is 9. The number of hydrogen-bond acceptors (Lipinski definition) is 8. The Balaban J connectivity index is 1.92. The number of sulfone groups is 1. The average Bonchev–Trinajstić information content (AvgIpc) is 3.27. The minimum atomic E-state index is -4.01. The second kappa shape index (κ2) is 9.35. The number of nitrogens with zero attached hydrogens (tertiary/aromatic N) is 2. The number of carbonyl (C=O) groups excluding carboxylic acids is 1. The average molecular weight is 502 g/mol. The van der Waals surface area contributed by atoms with Crippen molar-refractivity contribution >= 4 is 32.2 Å². The summed E-state index contributed by atoms with van der Waals surface area (Å²) in [7, 11) is -3.47. The van der Waals surface area contributed by atoms with Gasteiger partial charge in [0.15, 0.2) is 21.6 Å². The number of benzene rings is 1. The maximum Gasteiger partial charge on any atom is 0.427 e. The molecule has 1 amide bonds. The van der Waals surface area contributed by atoms with Crippen molar-refractivity contribution in [1.29, 1.82) is 0 Å². The van der Waals surface area contributed by atoms with Crippen LogP contribution in [0.3, 0.4) is 0 Å². The van der Waals surface area contributed by atoms with E-state index in [2.05, 4.69) is 20.0 Å². The Bertz CT molecular complexity index is 1200. The molecule has 0 spiro atoms. The van der Waals surface area contributed by atoms with E-state index in [0.29, 0.717) is 5.13 Å². The molecule has 0 aliphatic carbocycles. The van der Waals surface area contributed by atoms with Crippen molar-refractivity contribution in [2.24, 2.45) is 0 Å². The smallest absolute Gasteiger partial charge is 0.427 e. The van der Waals surface area contributed by atoms with Gasteiger partial charge in [-0.25, -0.2) is 22.8 Å². The van der Waals surface area contributed by atoms with E-state index in [1.807, 2.05) is 0 Å². The molecule has 0 radical (unpaired) electrons. The molecule has 1 atom stereocenters. The Kier molecular flexibility index (Phi) is 6.93. The van der Waals surface area contributed by atoms with E-state index in [9.17, 15) is 26.4 Å². The summed E-state index contributed by atoms with van der Waals surface area (Å²) in [5.74, 6) is -1.18. The van der Waals surface area contributed by atoms with Gasteiger partial charge in [-0.15, -0.1) is 11.3 Å². The van der Waals surface area contributed by atoms with Gasteiger partial charge in [0, 0.05) is 29.5 Å². The van der Waals surface area contributed by atoms with Gasteiger partial charge in [-0.2, -0.15) is 8.78 Å². The lowest BCUT2D eigenvalue weighted by Gasteiger charge is -2.29. The van der Waals surface area contributed by atoms with Gasteiger partial charge in [-0.3, -0.25) is 10.1 Å². The molecular formula is C20H18F3N3O5S2. The second-order valence-corrected chi connectivity index (χ2v) is 9.84. The van der Waals surface area contributed by atoms with Gasteiger partial charge in [-0.1, -0.05) is 12.1 Å². The lowest BCUT2D eigenvalue weighted by Crippen LogP contribution is -2.43. The summed E-state index contributed by atoms with van der Waals surface area (Å²) in [6, 6.07) is 7.73. The molecule has 0 saturated carbocycles. The monoisotopic (exact) mass is 501 g/mol. The van der Waals surface area contributed by atoms with E-state index in [0.717, 1.165) is 18.5 Å². The minimum absolute atomic E-state index is 0.0438. The van der Waals surface area contributed by atoms with Gasteiger partial charge in [-0.05, 0) is 25.1 Å². The summed E-state index contributed by atoms with van der Waals surface area (Å²) >= 11 is 1.17. The summed E-state index contributed by atoms with van der Waals surface area (Å²) in [6.07, 6.45) is -0.571. The zero-order valence-electron chi connectivity index (χ0n) is 17.3. The highest BCUT2D eigenvalue weighted by Gasteiger charge is 2.39. The Morgan fingerprint density at radius 3 is 2.33 bits per heavy atom. The quantitative estimate of drug-likeness (QED) is 0.475. The van der Waals surface area contributed by atoms with Crippen molar-refractivity contribution in [3.63, 3.8) is 0 Å². The van der Waals surface area contributed by atoms with E-state index in [4.69, 9.17) is 4.74 Å². The molecule has 13 heteroatoms. The molecule has 1 N–H and O–H groups in total. The number of nitrogens with one attached hydrogen (secondary N) is 1. The molecule has 8 nitrogen and oxygen atoms in total. The third-order valence-electron chi connectivity index (χ3n) is 4.36. The van der Waals surface area contributed by atoms with Crippen LogP contribution in [0.4, 0.5) is 18.3 Å². The van der Waals surface area contributed by atoms with Crippen LogP contribution < -0.4 is 14.8 Å². The number of halogens is 3. The fourth-order valence-corrected chi connectivity index (χ4v) is 3.81. The SMILES string of the molecule is CC(Oc1ccc(OC(F)(F)CF)cn1)(C(=O)Nc1nccs1)c1ccc(S(C)(=O)=O)cc1. The molecule has 3 aromatic rings. The van der Waals surface area contributed by atoms with Gasteiger partial charge in [0.25, 0.3) is 5.91 Å². The van der Waals surface area contributed by atoms with Crippen LogP contribution in [0.5, 0.6) is 11.6 Å². The van der Waals surface area contributed by atoms with Crippen LogP contribution >= 0.6 is 11.3 Å². The summed E-state index contributed by atoms with van der Waals surface area (Å²) in [5.41, 5.74) is -1.44. The van der Waals surface area contributed by atoms with E-state index in [1.165, 1.54) is 54.8 Å². The first-order valence-corrected chi connectivity index (χ1v) is 12.0. The molecule has 0 saturated heterocycles. The summed E-state index contributed by atoms with van der Waals surface area (Å²) in [6.45, 7) is -0.585. The van der Waals surface area contributed by atoms with Gasteiger partial charge in [0.05, 0.1) is 11.1 Å². The molecule has 33 heavy (non-hydrogen) atoms. The van der Waals surface area contributed by atoms with Crippen molar-refractivity contribution in [3.8, 4) is 11.6 Å². The van der Waals surface area contributed by atoms with Gasteiger partial charge in [0.1, 0.15) is 5.75 Å². The number of thiazole rings is 1. The zero-order chi connectivity index (χ0) is 24.3. The summed E-state index contributed by atoms with van der Waals surface area (Å²) < 4.78 is 72.0. The predicted molar refractivity (Wildman–Crippen MR) is 114 cm³/mol. The lowest BCUT2D eigenvalue weighted by molar-refractivity contribution is -0.186. The van der Waals surface area contributed by atoms with Crippen molar-refractivity contribution in [2.75, 3.05) is 18.2 Å². The number of pyridine rings is 1. The molecule has 1 aromatic carbocycles. The van der Waals surface area contributed by atoms with Crippen molar-refractivity contribution < 1.29 is 35.9 Å². The van der Waals surface area contributed by atoms with Gasteiger partial charge < -0.3 is 9.47 Å². The molecule has 2 heterocycles. The fraction of sp³-hybridized carbons (Fsp3) is 0.250. The first kappa shape index (κ1) is 24.5. The number of anilines is 1. The Hall–Kier alpha value is -3.19. The Labute approximate surface area is 191 Å². The van der Waals surface area contributed by atoms with Crippen molar-refractivity contribution in [3.05, 3.63) is 59.7 Å². The highest BCUT2D eigenvalue weighted by molar-refractivity contribution is 7.90. The summed E-state index contributed by atoms with van der Waals surface area (Å²) in [4.78, 5) is 21.0. The predicted octanol–water partition coefficient (Wildman–Crippen LogP) is 3.82. The van der Waals surface area contributed by atoms with Crippen LogP contribution in [0.2, 0.25) is 0 Å². The highest BCUT2D eigenvalue weighted by Crippen LogP contribution is 2.31. The maximum atomic E-state index is 13.1. The van der Waals surface area contributed by atoms with Crippen LogP contribution in [0.15, 0.2) is 59.1 Å². The molecule has 2 aromatic heterocycles. The largest absolute Gasteiger partial charge is 0.456 e. The van der Waals surface area contributed by atoms with Crippen LogP contribution in [-0.2, 0) is 20.2 Å². The van der Waals surface area contributed by atoms with Crippen molar-refractivity contribution in [1.82, 2.24) is 9.97 Å². The number of carbonyl (C=O) groups is 1. The van der Waals surface area contributed by atoms with Crippen molar-refractivity contribution in [2.45, 2.75) is 23.5 Å². The molecule has 3 rings (SSSR count). The number of ether oxygens (including phenoxy) is 2.